The Hall–Kier alpha value is -2.31. The van der Waals surface area contributed by atoms with Crippen molar-refractivity contribution in [2.75, 3.05) is 13.7 Å². The van der Waals surface area contributed by atoms with E-state index in [4.69, 9.17) is 4.74 Å². The van der Waals surface area contributed by atoms with Gasteiger partial charge in [0.1, 0.15) is 5.69 Å². The molecular formula is C15H21N5O2. The number of carbonyl (C=O) groups excluding carboxylic acids is 1. The fourth-order valence-electron chi connectivity index (χ4n) is 3.32. The smallest absolute Gasteiger partial charge is 0.272 e. The van der Waals surface area contributed by atoms with Crippen LogP contribution in [-0.4, -0.2) is 44.0 Å². The molecule has 22 heavy (non-hydrogen) atoms. The van der Waals surface area contributed by atoms with E-state index in [1.165, 1.54) is 0 Å². The van der Waals surface area contributed by atoms with Gasteiger partial charge in [-0.25, -0.2) is 4.68 Å². The summed E-state index contributed by atoms with van der Waals surface area (Å²) in [6, 6.07) is 1.76. The number of aromatic nitrogens is 4. The molecule has 3 heterocycles. The largest absolute Gasteiger partial charge is 0.481 e. The third-order valence-electron chi connectivity index (χ3n) is 4.29. The maximum Gasteiger partial charge on any atom is 0.272 e. The lowest BCUT2D eigenvalue weighted by atomic mass is 10.0. The molecule has 0 saturated carbocycles. The number of nitrogens with zero attached hydrogens (tertiary/aromatic N) is 5. The van der Waals surface area contributed by atoms with E-state index in [2.05, 4.69) is 10.2 Å². The van der Waals surface area contributed by atoms with Crippen molar-refractivity contribution in [3.63, 3.8) is 0 Å². The van der Waals surface area contributed by atoms with E-state index in [1.807, 2.05) is 18.9 Å². The van der Waals surface area contributed by atoms with Crippen LogP contribution in [0.5, 0.6) is 5.88 Å². The first-order chi connectivity index (χ1) is 10.5. The van der Waals surface area contributed by atoms with Crippen LogP contribution in [0.15, 0.2) is 12.3 Å². The summed E-state index contributed by atoms with van der Waals surface area (Å²) in [5.41, 5.74) is 2.53. The first kappa shape index (κ1) is 14.6. The van der Waals surface area contributed by atoms with Crippen molar-refractivity contribution in [1.29, 1.82) is 0 Å². The van der Waals surface area contributed by atoms with Gasteiger partial charge in [0.2, 0.25) is 5.88 Å². The zero-order valence-electron chi connectivity index (χ0n) is 13.4. The van der Waals surface area contributed by atoms with Crippen molar-refractivity contribution in [1.82, 2.24) is 24.5 Å². The summed E-state index contributed by atoms with van der Waals surface area (Å²) in [4.78, 5) is 14.7. The predicted octanol–water partition coefficient (Wildman–Crippen LogP) is 1.45. The van der Waals surface area contributed by atoms with Crippen LogP contribution in [0.3, 0.4) is 0 Å². The standard InChI is InChI=1S/C15H21N5O2/c1-10-13(15(22-4)19(3)17-10)11-6-5-9-20(11)14(21)12-7-8-16-18(12)2/h7-8,11H,5-6,9H2,1-4H3/t11-/m0/s1. The minimum atomic E-state index is 0.00560. The number of carbonyl (C=O) groups is 1. The molecule has 118 valence electrons. The Kier molecular flexibility index (Phi) is 3.64. The van der Waals surface area contributed by atoms with E-state index in [1.54, 1.807) is 35.8 Å². The molecule has 1 fully saturated rings. The first-order valence-corrected chi connectivity index (χ1v) is 7.41. The highest BCUT2D eigenvalue weighted by atomic mass is 16.5. The number of ether oxygens (including phenoxy) is 1. The van der Waals surface area contributed by atoms with Crippen LogP contribution < -0.4 is 4.74 Å². The molecule has 0 unspecified atom stereocenters. The summed E-state index contributed by atoms with van der Waals surface area (Å²) in [6.07, 6.45) is 3.55. The molecule has 0 spiro atoms. The van der Waals surface area contributed by atoms with E-state index in [0.717, 1.165) is 36.5 Å². The Bertz CT molecular complexity index is 703. The average Bonchev–Trinajstić information content (AvgIpc) is 3.16. The van der Waals surface area contributed by atoms with Gasteiger partial charge in [-0.15, -0.1) is 0 Å². The van der Waals surface area contributed by atoms with Gasteiger partial charge in [0, 0.05) is 26.8 Å². The molecule has 2 aromatic rings. The number of methoxy groups -OCH3 is 1. The summed E-state index contributed by atoms with van der Waals surface area (Å²) >= 11 is 0. The van der Waals surface area contributed by atoms with Gasteiger partial charge in [-0.2, -0.15) is 10.2 Å². The number of likely N-dealkylation sites (tertiary alicyclic amines) is 1. The van der Waals surface area contributed by atoms with Crippen LogP contribution in [0, 0.1) is 6.92 Å². The second kappa shape index (κ2) is 5.47. The molecule has 0 aromatic carbocycles. The van der Waals surface area contributed by atoms with Crippen LogP contribution in [0.2, 0.25) is 0 Å². The van der Waals surface area contributed by atoms with E-state index >= 15 is 0 Å². The van der Waals surface area contributed by atoms with Crippen molar-refractivity contribution >= 4 is 5.91 Å². The van der Waals surface area contributed by atoms with E-state index in [9.17, 15) is 4.79 Å². The molecule has 7 nitrogen and oxygen atoms in total. The number of amides is 1. The predicted molar refractivity (Wildman–Crippen MR) is 80.7 cm³/mol. The Morgan fingerprint density at radius 3 is 2.77 bits per heavy atom. The molecule has 1 aliphatic rings. The quantitative estimate of drug-likeness (QED) is 0.861. The maximum atomic E-state index is 12.8. The monoisotopic (exact) mass is 303 g/mol. The van der Waals surface area contributed by atoms with Crippen molar-refractivity contribution in [2.45, 2.75) is 25.8 Å². The zero-order valence-corrected chi connectivity index (χ0v) is 13.4. The number of hydrogen-bond acceptors (Lipinski definition) is 4. The lowest BCUT2D eigenvalue weighted by Crippen LogP contribution is -2.32. The van der Waals surface area contributed by atoms with Gasteiger partial charge in [-0.3, -0.25) is 9.48 Å². The number of hydrogen-bond donors (Lipinski definition) is 0. The van der Waals surface area contributed by atoms with E-state index in [0.29, 0.717) is 5.69 Å². The molecule has 1 aliphatic heterocycles. The highest BCUT2D eigenvalue weighted by Gasteiger charge is 2.36. The highest BCUT2D eigenvalue weighted by molar-refractivity contribution is 5.93. The topological polar surface area (TPSA) is 65.2 Å². The fourth-order valence-corrected chi connectivity index (χ4v) is 3.32. The van der Waals surface area contributed by atoms with Gasteiger partial charge in [-0.1, -0.05) is 0 Å². The number of rotatable bonds is 3. The Morgan fingerprint density at radius 2 is 2.14 bits per heavy atom. The minimum absolute atomic E-state index is 0.00560. The first-order valence-electron chi connectivity index (χ1n) is 7.41. The van der Waals surface area contributed by atoms with Crippen LogP contribution in [-0.2, 0) is 14.1 Å². The van der Waals surface area contributed by atoms with Gasteiger partial charge in [-0.05, 0) is 25.8 Å². The molecule has 7 heteroatoms. The summed E-state index contributed by atoms with van der Waals surface area (Å²) < 4.78 is 8.84. The molecule has 0 bridgehead atoms. The van der Waals surface area contributed by atoms with Crippen molar-refractivity contribution in [2.24, 2.45) is 14.1 Å². The van der Waals surface area contributed by atoms with Crippen LogP contribution in [0.4, 0.5) is 0 Å². The molecule has 1 amide bonds. The van der Waals surface area contributed by atoms with E-state index in [-0.39, 0.29) is 11.9 Å². The second-order valence-electron chi connectivity index (χ2n) is 5.63. The third-order valence-corrected chi connectivity index (χ3v) is 4.29. The molecule has 2 aromatic heterocycles. The lowest BCUT2D eigenvalue weighted by molar-refractivity contribution is 0.0722. The van der Waals surface area contributed by atoms with Crippen molar-refractivity contribution in [3.8, 4) is 5.88 Å². The molecule has 0 N–H and O–H groups in total. The van der Waals surface area contributed by atoms with Crippen LogP contribution in [0.25, 0.3) is 0 Å². The third kappa shape index (κ3) is 2.17. The lowest BCUT2D eigenvalue weighted by Gasteiger charge is -2.25. The summed E-state index contributed by atoms with van der Waals surface area (Å²) in [5, 5.41) is 8.53. The molecular weight excluding hydrogens is 282 g/mol. The average molecular weight is 303 g/mol. The summed E-state index contributed by atoms with van der Waals surface area (Å²) in [7, 11) is 5.29. The summed E-state index contributed by atoms with van der Waals surface area (Å²) in [6.45, 7) is 2.70. The fraction of sp³-hybridized carbons (Fsp3) is 0.533. The molecule has 3 rings (SSSR count). The van der Waals surface area contributed by atoms with Crippen LogP contribution >= 0.6 is 0 Å². The Balaban J connectivity index is 1.98. The van der Waals surface area contributed by atoms with Crippen molar-refractivity contribution in [3.05, 3.63) is 29.2 Å². The highest BCUT2D eigenvalue weighted by Crippen LogP contribution is 2.39. The van der Waals surface area contributed by atoms with Gasteiger partial charge >= 0.3 is 0 Å². The molecule has 0 radical (unpaired) electrons. The van der Waals surface area contributed by atoms with Gasteiger partial charge in [0.25, 0.3) is 5.91 Å². The summed E-state index contributed by atoms with van der Waals surface area (Å²) in [5.74, 6) is 0.736. The SMILES string of the molecule is COc1c([C@@H]2CCCN2C(=O)c2ccnn2C)c(C)nn1C. The van der Waals surface area contributed by atoms with Gasteiger partial charge in [0.05, 0.1) is 24.4 Å². The van der Waals surface area contributed by atoms with E-state index < -0.39 is 0 Å². The normalized spacial score (nSPS) is 18.0. The number of aryl methyl sites for hydroxylation is 3. The maximum absolute atomic E-state index is 12.8. The van der Waals surface area contributed by atoms with Gasteiger partial charge in [0.15, 0.2) is 0 Å². The molecule has 1 atom stereocenters. The zero-order chi connectivity index (χ0) is 15.9. The molecule has 0 aliphatic carbocycles. The van der Waals surface area contributed by atoms with Gasteiger partial charge < -0.3 is 9.64 Å². The van der Waals surface area contributed by atoms with Crippen molar-refractivity contribution < 1.29 is 9.53 Å². The second-order valence-corrected chi connectivity index (χ2v) is 5.63. The minimum Gasteiger partial charge on any atom is -0.481 e. The van der Waals surface area contributed by atoms with Crippen LogP contribution in [0.1, 0.15) is 40.6 Å². The molecule has 1 saturated heterocycles. The Morgan fingerprint density at radius 1 is 1.36 bits per heavy atom. The Labute approximate surface area is 129 Å².